The van der Waals surface area contributed by atoms with Crippen LogP contribution in [0.1, 0.15) is 219 Å². The molecule has 0 aromatic heterocycles. The molecule has 0 aliphatic heterocycles. The van der Waals surface area contributed by atoms with Gasteiger partial charge in [0.2, 0.25) is 0 Å². The van der Waals surface area contributed by atoms with Gasteiger partial charge in [-0.1, -0.05) is 178 Å². The Hall–Kier alpha value is -2.71. The van der Waals surface area contributed by atoms with E-state index in [1.165, 1.54) is 109 Å². The van der Waals surface area contributed by atoms with E-state index in [4.69, 9.17) is 14.2 Å². The van der Waals surface area contributed by atoms with E-state index in [1.54, 1.807) is 0 Å². The van der Waals surface area contributed by atoms with Crippen LogP contribution in [0.15, 0.2) is 48.6 Å². The standard InChI is InChI=1S/C53H95NO7/c1-6-8-10-12-14-16-18-20-22-24-26-28-29-31-33-35-37-39-41-43-51(55)60-48-49(47-59-46-45-50(53(57)58)54(3,4)5)61-52(56)44-42-40-38-36-34-32-30-27-25-23-21-19-17-15-13-11-9-7-2/h8,10,14,16,20,22,27,30,49-50H,6-7,9,11-13,15,17-19,21,23-26,28-29,31-48H2,1-5H3/p+1/b10-8+,16-14+,22-20+,30-27+. The van der Waals surface area contributed by atoms with Gasteiger partial charge in [-0.3, -0.25) is 9.59 Å². The highest BCUT2D eigenvalue weighted by Gasteiger charge is 2.31. The van der Waals surface area contributed by atoms with Gasteiger partial charge in [-0.15, -0.1) is 0 Å². The first-order chi connectivity index (χ1) is 29.6. The Balaban J connectivity index is 4.27. The summed E-state index contributed by atoms with van der Waals surface area (Å²) in [7, 11) is 5.53. The molecule has 0 aliphatic rings. The lowest BCUT2D eigenvalue weighted by Crippen LogP contribution is -2.50. The van der Waals surface area contributed by atoms with Crippen LogP contribution in [0, 0.1) is 0 Å². The highest BCUT2D eigenvalue weighted by Crippen LogP contribution is 2.15. The lowest BCUT2D eigenvalue weighted by molar-refractivity contribution is -0.887. The number of hydrogen-bond donors (Lipinski definition) is 1. The Labute approximate surface area is 376 Å². The number of ether oxygens (including phenoxy) is 3. The fraction of sp³-hybridized carbons (Fsp3) is 0.792. The Morgan fingerprint density at radius 3 is 1.38 bits per heavy atom. The van der Waals surface area contributed by atoms with E-state index in [1.807, 2.05) is 21.1 Å². The van der Waals surface area contributed by atoms with Crippen LogP contribution in [0.4, 0.5) is 0 Å². The van der Waals surface area contributed by atoms with Crippen LogP contribution in [0.25, 0.3) is 0 Å². The topological polar surface area (TPSA) is 99.1 Å². The van der Waals surface area contributed by atoms with Gasteiger partial charge in [0.1, 0.15) is 6.61 Å². The van der Waals surface area contributed by atoms with Crippen molar-refractivity contribution < 1.29 is 38.2 Å². The third kappa shape index (κ3) is 42.4. The van der Waals surface area contributed by atoms with Gasteiger partial charge in [0.25, 0.3) is 0 Å². The fourth-order valence-corrected chi connectivity index (χ4v) is 7.34. The molecule has 61 heavy (non-hydrogen) atoms. The molecule has 354 valence electrons. The minimum Gasteiger partial charge on any atom is -0.477 e. The number of carbonyl (C=O) groups is 3. The largest absolute Gasteiger partial charge is 0.477 e. The van der Waals surface area contributed by atoms with Crippen molar-refractivity contribution >= 4 is 17.9 Å². The summed E-state index contributed by atoms with van der Waals surface area (Å²) in [4.78, 5) is 37.1. The maximum Gasteiger partial charge on any atom is 0.362 e. The van der Waals surface area contributed by atoms with Crippen LogP contribution in [0.3, 0.4) is 0 Å². The van der Waals surface area contributed by atoms with Gasteiger partial charge in [0.05, 0.1) is 34.4 Å². The molecule has 1 N–H and O–H groups in total. The third-order valence-corrected chi connectivity index (χ3v) is 11.2. The second kappa shape index (κ2) is 43.9. The molecular weight excluding hydrogens is 763 g/mol. The second-order valence-electron chi connectivity index (χ2n) is 18.0. The third-order valence-electron chi connectivity index (χ3n) is 11.2. The lowest BCUT2D eigenvalue weighted by atomic mass is 10.1. The van der Waals surface area contributed by atoms with E-state index in [-0.39, 0.29) is 36.2 Å². The van der Waals surface area contributed by atoms with Gasteiger partial charge < -0.3 is 23.8 Å². The first-order valence-electron chi connectivity index (χ1n) is 25.2. The molecule has 8 nitrogen and oxygen atoms in total. The van der Waals surface area contributed by atoms with E-state index in [0.29, 0.717) is 19.3 Å². The Kier molecular flexibility index (Phi) is 42.0. The van der Waals surface area contributed by atoms with E-state index in [9.17, 15) is 19.5 Å². The van der Waals surface area contributed by atoms with Crippen molar-refractivity contribution in [3.05, 3.63) is 48.6 Å². The molecule has 2 unspecified atom stereocenters. The molecule has 0 amide bonds. The van der Waals surface area contributed by atoms with Crippen LogP contribution in [-0.2, 0) is 28.6 Å². The van der Waals surface area contributed by atoms with E-state index < -0.39 is 18.1 Å². The van der Waals surface area contributed by atoms with Crippen LogP contribution < -0.4 is 0 Å². The summed E-state index contributed by atoms with van der Waals surface area (Å²) >= 11 is 0. The van der Waals surface area contributed by atoms with Crippen molar-refractivity contribution in [3.63, 3.8) is 0 Å². The maximum absolute atomic E-state index is 12.8. The summed E-state index contributed by atoms with van der Waals surface area (Å²) in [6, 6.07) is -0.618. The van der Waals surface area contributed by atoms with E-state index >= 15 is 0 Å². The molecule has 0 bridgehead atoms. The number of rotatable bonds is 45. The van der Waals surface area contributed by atoms with Gasteiger partial charge in [-0.25, -0.2) is 4.79 Å². The Morgan fingerprint density at radius 2 is 0.918 bits per heavy atom. The summed E-state index contributed by atoms with van der Waals surface area (Å²) in [5.41, 5.74) is 0. The van der Waals surface area contributed by atoms with Crippen LogP contribution in [-0.4, -0.2) is 80.6 Å². The van der Waals surface area contributed by atoms with Crippen LogP contribution in [0.5, 0.6) is 0 Å². The molecule has 0 aromatic rings. The van der Waals surface area contributed by atoms with Crippen molar-refractivity contribution in [3.8, 4) is 0 Å². The van der Waals surface area contributed by atoms with Gasteiger partial charge in [-0.2, -0.15) is 0 Å². The molecular formula is C53H96NO7+. The van der Waals surface area contributed by atoms with Gasteiger partial charge in [0.15, 0.2) is 12.1 Å². The zero-order chi connectivity index (χ0) is 44.9. The number of allylic oxidation sites excluding steroid dienone is 8. The molecule has 0 saturated heterocycles. The summed E-state index contributed by atoms with van der Waals surface area (Å²) in [6.45, 7) is 4.63. The zero-order valence-corrected chi connectivity index (χ0v) is 40.4. The number of nitrogens with zero attached hydrogens (tertiary/aromatic N) is 1. The van der Waals surface area contributed by atoms with Crippen molar-refractivity contribution in [2.24, 2.45) is 0 Å². The van der Waals surface area contributed by atoms with Gasteiger partial charge >= 0.3 is 17.9 Å². The first-order valence-corrected chi connectivity index (χ1v) is 25.2. The number of esters is 2. The van der Waals surface area contributed by atoms with Crippen molar-refractivity contribution in [2.45, 2.75) is 231 Å². The van der Waals surface area contributed by atoms with Gasteiger partial charge in [-0.05, 0) is 70.6 Å². The zero-order valence-electron chi connectivity index (χ0n) is 40.4. The maximum atomic E-state index is 12.8. The van der Waals surface area contributed by atoms with Gasteiger partial charge in [0, 0.05) is 19.3 Å². The molecule has 8 heteroatoms. The molecule has 0 saturated carbocycles. The molecule has 0 aliphatic carbocycles. The molecule has 0 fully saturated rings. The first kappa shape index (κ1) is 58.3. The van der Waals surface area contributed by atoms with Crippen LogP contribution >= 0.6 is 0 Å². The SMILES string of the molecule is CC/C=C/C/C=C/C/C=C/CCCCCCCCCCCC(=O)OCC(COCCC(C(=O)O)[N+](C)(C)C)OC(=O)CCCCCCC/C=C/CCCCCCCCCCC. The quantitative estimate of drug-likeness (QED) is 0.0282. The number of aliphatic carboxylic acids is 1. The average molecular weight is 859 g/mol. The minimum absolute atomic E-state index is 0.0564. The lowest BCUT2D eigenvalue weighted by Gasteiger charge is -2.31. The monoisotopic (exact) mass is 859 g/mol. The molecule has 0 aromatic carbocycles. The van der Waals surface area contributed by atoms with E-state index in [2.05, 4.69) is 62.5 Å². The van der Waals surface area contributed by atoms with Crippen molar-refractivity contribution in [1.82, 2.24) is 0 Å². The molecule has 2 atom stereocenters. The van der Waals surface area contributed by atoms with Crippen molar-refractivity contribution in [2.75, 3.05) is 41.0 Å². The predicted octanol–water partition coefficient (Wildman–Crippen LogP) is 14.4. The Morgan fingerprint density at radius 1 is 0.508 bits per heavy atom. The number of likely N-dealkylation sites (N-methyl/N-ethyl adjacent to an activating group) is 1. The molecule has 0 rings (SSSR count). The summed E-state index contributed by atoms with van der Waals surface area (Å²) in [5, 5.41) is 9.65. The van der Waals surface area contributed by atoms with E-state index in [0.717, 1.165) is 77.0 Å². The number of hydrogen-bond acceptors (Lipinski definition) is 6. The van der Waals surface area contributed by atoms with Crippen LogP contribution in [0.2, 0.25) is 0 Å². The number of unbranched alkanes of at least 4 members (excludes halogenated alkanes) is 23. The summed E-state index contributed by atoms with van der Waals surface area (Å²) < 4.78 is 17.3. The summed E-state index contributed by atoms with van der Waals surface area (Å²) in [5.74, 6) is -1.48. The normalized spacial score (nSPS) is 13.3. The predicted molar refractivity (Wildman–Crippen MR) is 257 cm³/mol. The highest BCUT2D eigenvalue weighted by molar-refractivity contribution is 5.72. The minimum atomic E-state index is -0.876. The smallest absolute Gasteiger partial charge is 0.362 e. The highest BCUT2D eigenvalue weighted by atomic mass is 16.6. The number of carboxylic acids is 1. The number of carboxylic acid groups (broad SMARTS) is 1. The molecule has 0 heterocycles. The molecule has 0 radical (unpaired) electrons. The number of quaternary nitrogens is 1. The molecule has 0 spiro atoms. The average Bonchev–Trinajstić information content (AvgIpc) is 3.22. The fourth-order valence-electron chi connectivity index (χ4n) is 7.34. The second-order valence-corrected chi connectivity index (χ2v) is 18.0. The van der Waals surface area contributed by atoms with Crippen molar-refractivity contribution in [1.29, 1.82) is 0 Å². The Bertz CT molecular complexity index is 1140. The summed E-state index contributed by atoms with van der Waals surface area (Å²) in [6.07, 6.45) is 53.0. The number of carbonyl (C=O) groups excluding carboxylic acids is 2.